The second-order valence-corrected chi connectivity index (χ2v) is 4.42. The van der Waals surface area contributed by atoms with Crippen LogP contribution in [0.3, 0.4) is 0 Å². The third kappa shape index (κ3) is 3.76. The van der Waals surface area contributed by atoms with Crippen molar-refractivity contribution >= 4 is 23.5 Å². The lowest BCUT2D eigenvalue weighted by Crippen LogP contribution is -2.04. The zero-order valence-electron chi connectivity index (χ0n) is 12.2. The average molecular weight is 315 g/mol. The number of anilines is 2. The van der Waals surface area contributed by atoms with E-state index in [1.807, 2.05) is 6.07 Å². The van der Waals surface area contributed by atoms with Crippen molar-refractivity contribution in [3.8, 4) is 6.07 Å². The van der Waals surface area contributed by atoms with Crippen molar-refractivity contribution in [1.82, 2.24) is 19.7 Å². The van der Waals surface area contributed by atoms with Crippen LogP contribution >= 0.6 is 0 Å². The first-order valence-electron chi connectivity index (χ1n) is 6.48. The van der Waals surface area contributed by atoms with Crippen molar-refractivity contribution in [3.05, 3.63) is 33.9 Å². The predicted octanol–water partition coefficient (Wildman–Crippen LogP) is 0.832. The van der Waals surface area contributed by atoms with Crippen LogP contribution in [-0.2, 0) is 6.54 Å². The molecule has 2 aromatic rings. The summed E-state index contributed by atoms with van der Waals surface area (Å²) >= 11 is 0. The summed E-state index contributed by atoms with van der Waals surface area (Å²) in [5.74, 6) is -0.350. The van der Waals surface area contributed by atoms with Crippen LogP contribution in [0.1, 0.15) is 17.7 Å². The Balaban J connectivity index is 2.14. The fraction of sp³-hybridized carbons (Fsp3) is 0.250. The summed E-state index contributed by atoms with van der Waals surface area (Å²) in [7, 11) is 0. The predicted molar refractivity (Wildman–Crippen MR) is 81.5 cm³/mol. The summed E-state index contributed by atoms with van der Waals surface area (Å²) in [5, 5.41) is 27.6. The first-order valence-corrected chi connectivity index (χ1v) is 6.48. The van der Waals surface area contributed by atoms with Crippen molar-refractivity contribution in [3.63, 3.8) is 0 Å². The minimum atomic E-state index is -0.682. The van der Waals surface area contributed by atoms with E-state index in [0.717, 1.165) is 6.33 Å². The van der Waals surface area contributed by atoms with E-state index in [-0.39, 0.29) is 11.6 Å². The van der Waals surface area contributed by atoms with Gasteiger partial charge in [-0.05, 0) is 6.92 Å². The van der Waals surface area contributed by atoms with Gasteiger partial charge in [0.25, 0.3) is 0 Å². The van der Waals surface area contributed by atoms with Crippen LogP contribution in [0.5, 0.6) is 0 Å². The minimum Gasteiger partial charge on any atom is -0.378 e. The fourth-order valence-electron chi connectivity index (χ4n) is 1.76. The summed E-state index contributed by atoms with van der Waals surface area (Å²) in [6.45, 7) is 2.27. The number of nitrogens with two attached hydrogens (primary N) is 1. The van der Waals surface area contributed by atoms with Gasteiger partial charge in [0.05, 0.1) is 35.9 Å². The van der Waals surface area contributed by atoms with Crippen molar-refractivity contribution in [2.24, 2.45) is 5.10 Å². The number of hydrogen-bond acceptors (Lipinski definition) is 9. The van der Waals surface area contributed by atoms with Gasteiger partial charge in [0.15, 0.2) is 0 Å². The Morgan fingerprint density at radius 2 is 2.39 bits per heavy atom. The number of nitrogens with zero attached hydrogens (tertiary/aromatic N) is 7. The molecular formula is C12H13N9O2. The number of nitrogen functional groups attached to an aromatic ring is 1. The van der Waals surface area contributed by atoms with E-state index < -0.39 is 10.6 Å². The lowest BCUT2D eigenvalue weighted by molar-refractivity contribution is -0.383. The Bertz CT molecular complexity index is 790. The SMILES string of the molecule is Cc1nn(CCC#N)cc1C=NNc1ncnc(N)c1[N+](=O)[O-]. The zero-order chi connectivity index (χ0) is 16.8. The lowest BCUT2D eigenvalue weighted by Gasteiger charge is -2.01. The molecule has 11 nitrogen and oxygen atoms in total. The molecule has 0 saturated heterocycles. The second kappa shape index (κ2) is 6.94. The summed E-state index contributed by atoms with van der Waals surface area (Å²) in [6.07, 6.45) is 4.63. The van der Waals surface area contributed by atoms with E-state index in [4.69, 9.17) is 11.0 Å². The van der Waals surface area contributed by atoms with Gasteiger partial charge in [0.2, 0.25) is 11.6 Å². The summed E-state index contributed by atoms with van der Waals surface area (Å²) in [4.78, 5) is 17.6. The van der Waals surface area contributed by atoms with Gasteiger partial charge in [-0.25, -0.2) is 9.97 Å². The third-order valence-electron chi connectivity index (χ3n) is 2.84. The number of hydrogen-bond donors (Lipinski definition) is 2. The molecule has 2 rings (SSSR count). The van der Waals surface area contributed by atoms with E-state index in [9.17, 15) is 10.1 Å². The van der Waals surface area contributed by atoms with Gasteiger partial charge in [-0.15, -0.1) is 0 Å². The van der Waals surface area contributed by atoms with E-state index in [0.29, 0.717) is 24.2 Å². The average Bonchev–Trinajstić information content (AvgIpc) is 2.85. The highest BCUT2D eigenvalue weighted by Crippen LogP contribution is 2.25. The Morgan fingerprint density at radius 1 is 1.61 bits per heavy atom. The van der Waals surface area contributed by atoms with E-state index in [2.05, 4.69) is 25.6 Å². The second-order valence-electron chi connectivity index (χ2n) is 4.42. The molecule has 0 saturated carbocycles. The Labute approximate surface area is 130 Å². The normalized spacial score (nSPS) is 10.6. The molecule has 118 valence electrons. The molecule has 2 heterocycles. The highest BCUT2D eigenvalue weighted by molar-refractivity contribution is 5.81. The molecule has 0 aliphatic rings. The van der Waals surface area contributed by atoms with Gasteiger partial charge in [-0.1, -0.05) is 0 Å². The molecule has 0 atom stereocenters. The van der Waals surface area contributed by atoms with Gasteiger partial charge < -0.3 is 5.73 Å². The molecule has 23 heavy (non-hydrogen) atoms. The fourth-order valence-corrected chi connectivity index (χ4v) is 1.76. The number of nitro groups is 1. The molecule has 0 aliphatic carbocycles. The minimum absolute atomic E-state index is 0.103. The summed E-state index contributed by atoms with van der Waals surface area (Å²) in [6, 6.07) is 2.03. The van der Waals surface area contributed by atoms with Gasteiger partial charge in [0, 0.05) is 11.8 Å². The van der Waals surface area contributed by atoms with E-state index >= 15 is 0 Å². The van der Waals surface area contributed by atoms with Crippen LogP contribution < -0.4 is 11.2 Å². The molecule has 11 heteroatoms. The molecule has 0 fully saturated rings. The standard InChI is InChI=1S/C12H13N9O2/c1-8-9(6-20(19-8)4-2-3-13)5-17-18-12-10(21(22)23)11(14)15-7-16-12/h5-7H,2,4H2,1H3,(H3,14,15,16,18). The maximum Gasteiger partial charge on any atom is 0.354 e. The molecule has 2 aromatic heterocycles. The quantitative estimate of drug-likeness (QED) is 0.450. The van der Waals surface area contributed by atoms with Crippen LogP contribution in [0, 0.1) is 28.4 Å². The van der Waals surface area contributed by atoms with Crippen LogP contribution in [0.25, 0.3) is 0 Å². The van der Waals surface area contributed by atoms with Crippen LogP contribution in [-0.4, -0.2) is 30.9 Å². The van der Waals surface area contributed by atoms with Gasteiger partial charge in [-0.2, -0.15) is 15.5 Å². The third-order valence-corrected chi connectivity index (χ3v) is 2.84. The molecule has 0 spiro atoms. The smallest absolute Gasteiger partial charge is 0.354 e. The Kier molecular flexibility index (Phi) is 4.78. The van der Waals surface area contributed by atoms with Gasteiger partial charge in [0.1, 0.15) is 6.33 Å². The van der Waals surface area contributed by atoms with Crippen molar-refractivity contribution in [2.45, 2.75) is 19.9 Å². The highest BCUT2D eigenvalue weighted by Gasteiger charge is 2.20. The number of nitriles is 1. The molecule has 0 aromatic carbocycles. The van der Waals surface area contributed by atoms with Gasteiger partial charge >= 0.3 is 5.69 Å². The summed E-state index contributed by atoms with van der Waals surface area (Å²) in [5.41, 5.74) is 8.91. The maximum atomic E-state index is 10.9. The number of rotatable bonds is 6. The largest absolute Gasteiger partial charge is 0.378 e. The van der Waals surface area contributed by atoms with Crippen molar-refractivity contribution in [1.29, 1.82) is 5.26 Å². The van der Waals surface area contributed by atoms with E-state index in [1.165, 1.54) is 6.21 Å². The molecule has 0 unspecified atom stereocenters. The van der Waals surface area contributed by atoms with Crippen molar-refractivity contribution in [2.75, 3.05) is 11.2 Å². The molecule has 0 radical (unpaired) electrons. The number of aryl methyl sites for hydroxylation is 2. The topological polar surface area (TPSA) is 161 Å². The zero-order valence-corrected chi connectivity index (χ0v) is 12.2. The Morgan fingerprint density at radius 3 is 3.09 bits per heavy atom. The lowest BCUT2D eigenvalue weighted by atomic mass is 10.3. The monoisotopic (exact) mass is 315 g/mol. The Hall–Kier alpha value is -3.55. The van der Waals surface area contributed by atoms with Crippen molar-refractivity contribution < 1.29 is 4.92 Å². The molecular weight excluding hydrogens is 302 g/mol. The maximum absolute atomic E-state index is 10.9. The van der Waals surface area contributed by atoms with Crippen LogP contribution in [0.4, 0.5) is 17.3 Å². The molecule has 0 aliphatic heterocycles. The first kappa shape index (κ1) is 15.8. The van der Waals surface area contributed by atoms with Crippen LogP contribution in [0.2, 0.25) is 0 Å². The molecule has 0 bridgehead atoms. The number of hydrazone groups is 1. The first-order chi connectivity index (χ1) is 11.0. The van der Waals surface area contributed by atoms with Crippen LogP contribution in [0.15, 0.2) is 17.6 Å². The molecule has 0 amide bonds. The summed E-state index contributed by atoms with van der Waals surface area (Å²) < 4.78 is 1.63. The highest BCUT2D eigenvalue weighted by atomic mass is 16.6. The van der Waals surface area contributed by atoms with Gasteiger partial charge in [-0.3, -0.25) is 20.2 Å². The number of aromatic nitrogens is 4. The van der Waals surface area contributed by atoms with E-state index in [1.54, 1.807) is 17.8 Å². The number of nitrogens with one attached hydrogen (secondary N) is 1. The molecule has 3 N–H and O–H groups in total.